The van der Waals surface area contributed by atoms with Crippen LogP contribution in [0.1, 0.15) is 34.7 Å². The third-order valence-corrected chi connectivity index (χ3v) is 3.33. The third kappa shape index (κ3) is 1.48. The van der Waals surface area contributed by atoms with Crippen molar-refractivity contribution in [3.05, 3.63) is 20.9 Å². The molecule has 62 valence electrons. The van der Waals surface area contributed by atoms with E-state index < -0.39 is 0 Å². The van der Waals surface area contributed by atoms with E-state index in [0.29, 0.717) is 0 Å². The van der Waals surface area contributed by atoms with Gasteiger partial charge in [0, 0.05) is 9.75 Å². The van der Waals surface area contributed by atoms with E-state index in [2.05, 4.69) is 27.7 Å². The fourth-order valence-corrected chi connectivity index (χ4v) is 2.94. The van der Waals surface area contributed by atoms with Crippen LogP contribution in [0.4, 0.5) is 0 Å². The molecular formula is C10H16S. The van der Waals surface area contributed by atoms with Gasteiger partial charge < -0.3 is 0 Å². The second kappa shape index (κ2) is 3.40. The molecule has 0 spiro atoms. The Morgan fingerprint density at radius 2 is 1.27 bits per heavy atom. The van der Waals surface area contributed by atoms with E-state index in [4.69, 9.17) is 0 Å². The molecule has 1 heteroatoms. The van der Waals surface area contributed by atoms with Gasteiger partial charge in [0.15, 0.2) is 0 Å². The highest BCUT2D eigenvalue weighted by Gasteiger charge is 2.08. The smallest absolute Gasteiger partial charge is 0.00517 e. The SMILES string of the molecule is CCc1c(C)sc(C)c1CC. The zero-order valence-electron chi connectivity index (χ0n) is 7.82. The molecule has 0 saturated heterocycles. The minimum Gasteiger partial charge on any atom is -0.145 e. The molecule has 0 atom stereocenters. The van der Waals surface area contributed by atoms with E-state index in [9.17, 15) is 0 Å². The van der Waals surface area contributed by atoms with Crippen molar-refractivity contribution in [1.82, 2.24) is 0 Å². The number of aryl methyl sites for hydroxylation is 2. The molecule has 0 N–H and O–H groups in total. The zero-order chi connectivity index (χ0) is 8.43. The van der Waals surface area contributed by atoms with Gasteiger partial charge in [-0.25, -0.2) is 0 Å². The molecular weight excluding hydrogens is 152 g/mol. The molecule has 0 aliphatic rings. The zero-order valence-corrected chi connectivity index (χ0v) is 8.64. The first-order chi connectivity index (χ1) is 5.20. The first-order valence-corrected chi connectivity index (χ1v) is 5.10. The Morgan fingerprint density at radius 3 is 1.55 bits per heavy atom. The quantitative estimate of drug-likeness (QED) is 0.634. The van der Waals surface area contributed by atoms with Crippen LogP contribution in [0, 0.1) is 13.8 Å². The highest BCUT2D eigenvalue weighted by Crippen LogP contribution is 2.27. The molecule has 0 radical (unpaired) electrons. The summed E-state index contributed by atoms with van der Waals surface area (Å²) in [6.45, 7) is 8.95. The fourth-order valence-electron chi connectivity index (χ4n) is 1.70. The first kappa shape index (κ1) is 8.79. The van der Waals surface area contributed by atoms with E-state index in [1.54, 1.807) is 11.1 Å². The molecule has 0 aromatic carbocycles. The highest BCUT2D eigenvalue weighted by molar-refractivity contribution is 7.12. The fraction of sp³-hybridized carbons (Fsp3) is 0.600. The lowest BCUT2D eigenvalue weighted by molar-refractivity contribution is 1.03. The normalized spacial score (nSPS) is 10.5. The highest BCUT2D eigenvalue weighted by atomic mass is 32.1. The molecule has 0 aliphatic heterocycles. The van der Waals surface area contributed by atoms with Crippen LogP contribution in [-0.4, -0.2) is 0 Å². The lowest BCUT2D eigenvalue weighted by Crippen LogP contribution is -1.88. The van der Waals surface area contributed by atoms with Crippen LogP contribution in [-0.2, 0) is 12.8 Å². The van der Waals surface area contributed by atoms with E-state index >= 15 is 0 Å². The lowest BCUT2D eigenvalue weighted by atomic mass is 10.0. The Morgan fingerprint density at radius 1 is 0.909 bits per heavy atom. The monoisotopic (exact) mass is 168 g/mol. The maximum Gasteiger partial charge on any atom is 0.00517 e. The minimum absolute atomic E-state index is 1.19. The Balaban J connectivity index is 3.17. The standard InChI is InChI=1S/C10H16S/c1-5-9-7(3)11-8(4)10(9)6-2/h5-6H2,1-4H3. The summed E-state index contributed by atoms with van der Waals surface area (Å²) in [5.41, 5.74) is 3.19. The molecule has 0 fully saturated rings. The van der Waals surface area contributed by atoms with E-state index in [0.717, 1.165) is 0 Å². The van der Waals surface area contributed by atoms with Gasteiger partial charge in [-0.3, -0.25) is 0 Å². The van der Waals surface area contributed by atoms with Gasteiger partial charge in [0.2, 0.25) is 0 Å². The Bertz CT molecular complexity index is 221. The van der Waals surface area contributed by atoms with E-state index in [1.807, 2.05) is 11.3 Å². The van der Waals surface area contributed by atoms with Gasteiger partial charge >= 0.3 is 0 Å². The van der Waals surface area contributed by atoms with Crippen LogP contribution in [0.25, 0.3) is 0 Å². The van der Waals surface area contributed by atoms with Crippen LogP contribution < -0.4 is 0 Å². The summed E-state index contributed by atoms with van der Waals surface area (Å²) < 4.78 is 0. The average Bonchev–Trinajstić information content (AvgIpc) is 2.24. The molecule has 0 bridgehead atoms. The molecule has 1 rings (SSSR count). The van der Waals surface area contributed by atoms with Crippen molar-refractivity contribution in [1.29, 1.82) is 0 Å². The number of hydrogen-bond donors (Lipinski definition) is 0. The molecule has 0 aliphatic carbocycles. The predicted octanol–water partition coefficient (Wildman–Crippen LogP) is 3.49. The summed E-state index contributed by atoms with van der Waals surface area (Å²) in [6.07, 6.45) is 2.39. The van der Waals surface area contributed by atoms with Crippen molar-refractivity contribution in [2.24, 2.45) is 0 Å². The van der Waals surface area contributed by atoms with Crippen LogP contribution in [0.2, 0.25) is 0 Å². The van der Waals surface area contributed by atoms with Crippen LogP contribution in [0.15, 0.2) is 0 Å². The maximum atomic E-state index is 2.24. The van der Waals surface area contributed by atoms with Crippen LogP contribution in [0.3, 0.4) is 0 Å². The summed E-state index contributed by atoms with van der Waals surface area (Å²) in [5.74, 6) is 0. The molecule has 0 nitrogen and oxygen atoms in total. The largest absolute Gasteiger partial charge is 0.145 e. The van der Waals surface area contributed by atoms with E-state index in [-0.39, 0.29) is 0 Å². The molecule has 1 aromatic rings. The van der Waals surface area contributed by atoms with Gasteiger partial charge in [-0.1, -0.05) is 13.8 Å². The third-order valence-electron chi connectivity index (χ3n) is 2.23. The van der Waals surface area contributed by atoms with Gasteiger partial charge in [-0.05, 0) is 37.8 Å². The summed E-state index contributed by atoms with van der Waals surface area (Å²) in [7, 11) is 0. The van der Waals surface area contributed by atoms with Gasteiger partial charge in [-0.15, -0.1) is 11.3 Å². The molecule has 11 heavy (non-hydrogen) atoms. The average molecular weight is 168 g/mol. The lowest BCUT2D eigenvalue weighted by Gasteiger charge is -1.99. The van der Waals surface area contributed by atoms with Crippen molar-refractivity contribution in [2.75, 3.05) is 0 Å². The first-order valence-electron chi connectivity index (χ1n) is 4.28. The summed E-state index contributed by atoms with van der Waals surface area (Å²) in [6, 6.07) is 0. The van der Waals surface area contributed by atoms with Crippen molar-refractivity contribution in [3.8, 4) is 0 Å². The molecule has 1 heterocycles. The summed E-state index contributed by atoms with van der Waals surface area (Å²) in [4.78, 5) is 3.03. The predicted molar refractivity (Wildman–Crippen MR) is 52.5 cm³/mol. The second-order valence-corrected chi connectivity index (χ2v) is 4.31. The van der Waals surface area contributed by atoms with Gasteiger partial charge in [0.05, 0.1) is 0 Å². The van der Waals surface area contributed by atoms with Crippen molar-refractivity contribution >= 4 is 11.3 Å². The summed E-state index contributed by atoms with van der Waals surface area (Å²) in [5, 5.41) is 0. The second-order valence-electron chi connectivity index (χ2n) is 2.88. The molecule has 1 aromatic heterocycles. The Labute approximate surface area is 73.3 Å². The van der Waals surface area contributed by atoms with E-state index in [1.165, 1.54) is 22.6 Å². The number of rotatable bonds is 2. The summed E-state index contributed by atoms with van der Waals surface area (Å²) >= 11 is 1.94. The minimum atomic E-state index is 1.19. The van der Waals surface area contributed by atoms with Gasteiger partial charge in [-0.2, -0.15) is 0 Å². The van der Waals surface area contributed by atoms with Gasteiger partial charge in [0.25, 0.3) is 0 Å². The maximum absolute atomic E-state index is 2.24. The topological polar surface area (TPSA) is 0 Å². The molecule has 0 amide bonds. The number of thiophene rings is 1. The Hall–Kier alpha value is -0.300. The molecule has 0 unspecified atom stereocenters. The van der Waals surface area contributed by atoms with Crippen LogP contribution >= 0.6 is 11.3 Å². The van der Waals surface area contributed by atoms with Crippen LogP contribution in [0.5, 0.6) is 0 Å². The molecule has 0 saturated carbocycles. The van der Waals surface area contributed by atoms with Crippen molar-refractivity contribution in [3.63, 3.8) is 0 Å². The van der Waals surface area contributed by atoms with Crippen molar-refractivity contribution in [2.45, 2.75) is 40.5 Å². The number of hydrogen-bond acceptors (Lipinski definition) is 1. The van der Waals surface area contributed by atoms with Gasteiger partial charge in [0.1, 0.15) is 0 Å². The Kier molecular flexibility index (Phi) is 2.72. The van der Waals surface area contributed by atoms with Crippen molar-refractivity contribution < 1.29 is 0 Å².